The third-order valence-electron chi connectivity index (χ3n) is 4.00. The van der Waals surface area contributed by atoms with Gasteiger partial charge in [-0.25, -0.2) is 8.78 Å². The smallest absolute Gasteiger partial charge is 0.263 e. The van der Waals surface area contributed by atoms with Crippen molar-refractivity contribution < 1.29 is 13.9 Å². The number of alkyl halides is 2. The molecule has 1 aromatic rings. The van der Waals surface area contributed by atoms with Crippen molar-refractivity contribution in [3.05, 3.63) is 35.4 Å². The average Bonchev–Trinajstić information content (AvgIpc) is 2.34. The lowest BCUT2D eigenvalue weighted by molar-refractivity contribution is -0.0729. The van der Waals surface area contributed by atoms with Crippen molar-refractivity contribution in [2.45, 2.75) is 45.4 Å². The van der Waals surface area contributed by atoms with E-state index in [-0.39, 0.29) is 23.1 Å². The molecule has 1 saturated carbocycles. The van der Waals surface area contributed by atoms with Crippen LogP contribution in [0.15, 0.2) is 24.3 Å². The highest BCUT2D eigenvalue weighted by Crippen LogP contribution is 2.40. The first-order valence-electron chi connectivity index (χ1n) is 6.19. The molecule has 0 aromatic heterocycles. The number of nitrogens with one attached hydrogen (secondary N) is 1. The Morgan fingerprint density at radius 2 is 1.94 bits per heavy atom. The first-order chi connectivity index (χ1) is 8.41. The molecule has 1 fully saturated rings. The van der Waals surface area contributed by atoms with Crippen LogP contribution in [0.4, 0.5) is 8.78 Å². The zero-order valence-corrected chi connectivity index (χ0v) is 10.7. The second-order valence-electron chi connectivity index (χ2n) is 5.55. The zero-order chi connectivity index (χ0) is 13.3. The number of halogens is 2. The molecule has 2 atom stereocenters. The van der Waals surface area contributed by atoms with Crippen molar-refractivity contribution in [2.75, 3.05) is 0 Å². The summed E-state index contributed by atoms with van der Waals surface area (Å²) < 4.78 is 24.8. The first kappa shape index (κ1) is 13.4. The van der Waals surface area contributed by atoms with Gasteiger partial charge in [-0.15, -0.1) is 0 Å². The highest BCUT2D eigenvalue weighted by Gasteiger charge is 2.46. The third-order valence-corrected chi connectivity index (χ3v) is 4.00. The fourth-order valence-corrected chi connectivity index (χ4v) is 2.27. The van der Waals surface area contributed by atoms with Crippen molar-refractivity contribution in [3.63, 3.8) is 0 Å². The molecular formula is C14H19F2NO. The van der Waals surface area contributed by atoms with E-state index in [0.29, 0.717) is 6.54 Å². The van der Waals surface area contributed by atoms with Crippen LogP contribution in [0.5, 0.6) is 0 Å². The van der Waals surface area contributed by atoms with Gasteiger partial charge in [0.25, 0.3) is 6.43 Å². The molecule has 100 valence electrons. The van der Waals surface area contributed by atoms with Gasteiger partial charge in [0, 0.05) is 23.6 Å². The molecule has 0 bridgehead atoms. The minimum absolute atomic E-state index is 0.0538. The Labute approximate surface area is 106 Å². The van der Waals surface area contributed by atoms with Gasteiger partial charge in [0.15, 0.2) is 0 Å². The van der Waals surface area contributed by atoms with Crippen molar-refractivity contribution >= 4 is 0 Å². The predicted octanol–water partition coefficient (Wildman–Crippen LogP) is 2.87. The lowest BCUT2D eigenvalue weighted by Gasteiger charge is -2.49. The Morgan fingerprint density at radius 1 is 1.33 bits per heavy atom. The van der Waals surface area contributed by atoms with Gasteiger partial charge in [-0.3, -0.25) is 0 Å². The van der Waals surface area contributed by atoms with E-state index in [0.717, 1.165) is 12.0 Å². The van der Waals surface area contributed by atoms with Gasteiger partial charge in [0.05, 0.1) is 6.10 Å². The maximum Gasteiger partial charge on any atom is 0.263 e. The second kappa shape index (κ2) is 4.94. The molecular weight excluding hydrogens is 236 g/mol. The highest BCUT2D eigenvalue weighted by molar-refractivity contribution is 5.23. The number of benzene rings is 1. The van der Waals surface area contributed by atoms with Gasteiger partial charge in [0.2, 0.25) is 0 Å². The second-order valence-corrected chi connectivity index (χ2v) is 5.55. The molecule has 18 heavy (non-hydrogen) atoms. The summed E-state index contributed by atoms with van der Waals surface area (Å²) in [4.78, 5) is 0. The van der Waals surface area contributed by atoms with Crippen LogP contribution in [0.3, 0.4) is 0 Å². The van der Waals surface area contributed by atoms with Gasteiger partial charge < -0.3 is 10.4 Å². The molecule has 4 heteroatoms. The van der Waals surface area contributed by atoms with E-state index in [2.05, 4.69) is 5.32 Å². The maximum absolute atomic E-state index is 12.4. The zero-order valence-electron chi connectivity index (χ0n) is 10.7. The summed E-state index contributed by atoms with van der Waals surface area (Å²) in [7, 11) is 0. The molecule has 0 aliphatic heterocycles. The SMILES string of the molecule is CC1(C)C(O)CC1NCc1ccc(C(F)F)cc1. The number of aliphatic hydroxyl groups excluding tert-OH is 1. The van der Waals surface area contributed by atoms with E-state index in [1.165, 1.54) is 12.1 Å². The molecule has 0 heterocycles. The van der Waals surface area contributed by atoms with E-state index in [1.54, 1.807) is 12.1 Å². The Balaban J connectivity index is 1.88. The maximum atomic E-state index is 12.4. The largest absolute Gasteiger partial charge is 0.392 e. The first-order valence-corrected chi connectivity index (χ1v) is 6.19. The molecule has 2 unspecified atom stereocenters. The molecule has 1 aliphatic carbocycles. The summed E-state index contributed by atoms with van der Waals surface area (Å²) in [5, 5.41) is 13.0. The van der Waals surface area contributed by atoms with Crippen LogP contribution < -0.4 is 5.32 Å². The Bertz CT molecular complexity index is 403. The minimum atomic E-state index is -2.41. The van der Waals surface area contributed by atoms with Gasteiger partial charge in [-0.1, -0.05) is 38.1 Å². The molecule has 1 aromatic carbocycles. The summed E-state index contributed by atoms with van der Waals surface area (Å²) in [5.41, 5.74) is 0.929. The Morgan fingerprint density at radius 3 is 2.39 bits per heavy atom. The van der Waals surface area contributed by atoms with Crippen LogP contribution in [0.25, 0.3) is 0 Å². The summed E-state index contributed by atoms with van der Waals surface area (Å²) in [6, 6.07) is 6.64. The van der Waals surface area contributed by atoms with E-state index >= 15 is 0 Å². The molecule has 0 radical (unpaired) electrons. The fraction of sp³-hybridized carbons (Fsp3) is 0.571. The number of rotatable bonds is 4. The van der Waals surface area contributed by atoms with Crippen LogP contribution >= 0.6 is 0 Å². The van der Waals surface area contributed by atoms with Crippen molar-refractivity contribution in [1.82, 2.24) is 5.32 Å². The monoisotopic (exact) mass is 255 g/mol. The van der Waals surface area contributed by atoms with Crippen LogP contribution in [-0.2, 0) is 6.54 Å². The Hall–Kier alpha value is -1.00. The van der Waals surface area contributed by atoms with E-state index < -0.39 is 6.43 Å². The summed E-state index contributed by atoms with van der Waals surface area (Å²) >= 11 is 0. The molecule has 0 saturated heterocycles. The summed E-state index contributed by atoms with van der Waals surface area (Å²) in [5.74, 6) is 0. The van der Waals surface area contributed by atoms with Crippen LogP contribution in [0, 0.1) is 5.41 Å². The molecule has 2 N–H and O–H groups in total. The molecule has 2 rings (SSSR count). The predicted molar refractivity (Wildman–Crippen MR) is 66.4 cm³/mol. The minimum Gasteiger partial charge on any atom is -0.392 e. The molecule has 0 spiro atoms. The van der Waals surface area contributed by atoms with Crippen molar-refractivity contribution in [2.24, 2.45) is 5.41 Å². The van der Waals surface area contributed by atoms with E-state index in [9.17, 15) is 13.9 Å². The third kappa shape index (κ3) is 2.54. The number of hydrogen-bond donors (Lipinski definition) is 2. The molecule has 2 nitrogen and oxygen atoms in total. The average molecular weight is 255 g/mol. The van der Waals surface area contributed by atoms with Gasteiger partial charge in [-0.05, 0) is 12.0 Å². The summed E-state index contributed by atoms with van der Waals surface area (Å²) in [6.07, 6.45) is -1.91. The van der Waals surface area contributed by atoms with Crippen molar-refractivity contribution in [3.8, 4) is 0 Å². The van der Waals surface area contributed by atoms with E-state index in [4.69, 9.17) is 0 Å². The summed E-state index contributed by atoms with van der Waals surface area (Å²) in [6.45, 7) is 4.70. The van der Waals surface area contributed by atoms with Gasteiger partial charge in [-0.2, -0.15) is 0 Å². The highest BCUT2D eigenvalue weighted by atomic mass is 19.3. The van der Waals surface area contributed by atoms with Crippen LogP contribution in [0.1, 0.15) is 37.8 Å². The topological polar surface area (TPSA) is 32.3 Å². The lowest BCUT2D eigenvalue weighted by atomic mass is 9.64. The van der Waals surface area contributed by atoms with Gasteiger partial charge in [0.1, 0.15) is 0 Å². The standard InChI is InChI=1S/C14H19F2NO/c1-14(2)11(7-12(14)18)17-8-9-3-5-10(6-4-9)13(15)16/h3-6,11-13,17-18H,7-8H2,1-2H3. The molecule has 1 aliphatic rings. The number of hydrogen-bond acceptors (Lipinski definition) is 2. The van der Waals surface area contributed by atoms with Crippen molar-refractivity contribution in [1.29, 1.82) is 0 Å². The normalized spacial score (nSPS) is 26.1. The fourth-order valence-electron chi connectivity index (χ4n) is 2.27. The molecule has 0 amide bonds. The number of aliphatic hydroxyl groups is 1. The van der Waals surface area contributed by atoms with E-state index in [1.807, 2.05) is 13.8 Å². The Kier molecular flexibility index (Phi) is 3.69. The quantitative estimate of drug-likeness (QED) is 0.867. The van der Waals surface area contributed by atoms with Crippen LogP contribution in [0.2, 0.25) is 0 Å². The van der Waals surface area contributed by atoms with Gasteiger partial charge >= 0.3 is 0 Å². The lowest BCUT2D eigenvalue weighted by Crippen LogP contribution is -2.59. The van der Waals surface area contributed by atoms with Crippen LogP contribution in [-0.4, -0.2) is 17.3 Å².